The molecule has 0 unspecified atom stereocenters. The number of ether oxygens (including phenoxy) is 2. The molecule has 0 radical (unpaired) electrons. The molecule has 51 heavy (non-hydrogen) atoms. The van der Waals surface area contributed by atoms with Crippen LogP contribution in [0.2, 0.25) is 0 Å². The van der Waals surface area contributed by atoms with Crippen LogP contribution in [0.1, 0.15) is 65.4 Å². The molecule has 0 N–H and O–H groups in total. The fourth-order valence-electron chi connectivity index (χ4n) is 6.00. The van der Waals surface area contributed by atoms with E-state index in [4.69, 9.17) is 32.3 Å². The lowest BCUT2D eigenvalue weighted by molar-refractivity contribution is -0.135. The van der Waals surface area contributed by atoms with Gasteiger partial charge in [-0.2, -0.15) is 0 Å². The van der Waals surface area contributed by atoms with Crippen LogP contribution in [-0.2, 0) is 22.6 Å². The summed E-state index contributed by atoms with van der Waals surface area (Å²) in [7, 11) is 0. The average molecular weight is 707 g/mol. The third-order valence-electron chi connectivity index (χ3n) is 8.38. The summed E-state index contributed by atoms with van der Waals surface area (Å²) in [5, 5.41) is 0. The number of terminal acetylenes is 2. The average Bonchev–Trinajstić information content (AvgIpc) is 3.94. The Morgan fingerprint density at radius 1 is 0.765 bits per heavy atom. The minimum atomic E-state index is -0.603. The number of imidazole rings is 2. The zero-order valence-corrected chi connectivity index (χ0v) is 28.5. The highest BCUT2D eigenvalue weighted by molar-refractivity contribution is 7.15. The van der Waals surface area contributed by atoms with E-state index in [-0.39, 0.29) is 44.1 Å². The third kappa shape index (κ3) is 5.97. The number of aromatic nitrogens is 4. The number of aliphatic imine (C=N–C) groups is 2. The molecule has 0 fully saturated rings. The second kappa shape index (κ2) is 13.5. The van der Waals surface area contributed by atoms with E-state index in [1.165, 1.54) is 22.7 Å². The number of nitrogens with zero attached hydrogens (tertiary/aromatic N) is 6. The molecule has 0 saturated heterocycles. The molecule has 0 atom stereocenters. The van der Waals surface area contributed by atoms with Crippen molar-refractivity contribution in [1.29, 1.82) is 0 Å². The van der Waals surface area contributed by atoms with Crippen LogP contribution >= 0.6 is 22.7 Å². The molecule has 2 aliphatic heterocycles. The van der Waals surface area contributed by atoms with Crippen molar-refractivity contribution < 1.29 is 19.1 Å². The van der Waals surface area contributed by atoms with Crippen molar-refractivity contribution in [2.75, 3.05) is 6.61 Å². The van der Waals surface area contributed by atoms with Gasteiger partial charge in [-0.3, -0.25) is 23.9 Å². The van der Waals surface area contributed by atoms with Crippen LogP contribution in [0.15, 0.2) is 95.4 Å². The lowest BCUT2D eigenvalue weighted by Crippen LogP contribution is -2.14. The molecule has 248 valence electrons. The molecule has 0 aliphatic carbocycles. The highest BCUT2D eigenvalue weighted by Gasteiger charge is 2.28. The molecule has 2 aliphatic rings. The van der Waals surface area contributed by atoms with Crippen LogP contribution < -0.4 is 4.74 Å². The summed E-state index contributed by atoms with van der Waals surface area (Å²) < 4.78 is 15.0. The summed E-state index contributed by atoms with van der Waals surface area (Å²) in [4.78, 5) is 48.0. The first kappa shape index (κ1) is 31.9. The number of carbonyl (C=O) groups is 2. The van der Waals surface area contributed by atoms with Crippen LogP contribution in [0.4, 0.5) is 0 Å². The Balaban J connectivity index is 0.934. The number of hydrogen-bond donors (Lipinski definition) is 0. The summed E-state index contributed by atoms with van der Waals surface area (Å²) in [6, 6.07) is 23.5. The number of carbonyl (C=O) groups excluding carboxylic acids is 2. The number of hydrogen-bond acceptors (Lipinski definition) is 10. The van der Waals surface area contributed by atoms with Crippen molar-refractivity contribution >= 4 is 46.0 Å². The summed E-state index contributed by atoms with van der Waals surface area (Å²) in [5.41, 5.74) is 6.53. The zero-order valence-electron chi connectivity index (χ0n) is 26.9. The van der Waals surface area contributed by atoms with Crippen molar-refractivity contribution in [2.45, 2.75) is 25.9 Å². The van der Waals surface area contributed by atoms with Gasteiger partial charge in [-0.25, -0.2) is 14.8 Å². The Morgan fingerprint density at radius 3 is 1.90 bits per heavy atom. The second-order valence-corrected chi connectivity index (χ2v) is 13.6. The Labute approximate surface area is 300 Å². The SMILES string of the molecule is C#Cc1cc2c(s1)C(c1ccccc1)=NCc1c(OC(=O)CCCOC(=O)c3ncn4c3CN=C(c3ccccc3)c3sc(C#C)cc3-4)ncn1-2. The van der Waals surface area contributed by atoms with Crippen molar-refractivity contribution in [3.63, 3.8) is 0 Å². The maximum Gasteiger partial charge on any atom is 0.358 e. The summed E-state index contributed by atoms with van der Waals surface area (Å²) in [6.45, 7) is 0.458. The van der Waals surface area contributed by atoms with Crippen LogP contribution in [0.25, 0.3) is 11.4 Å². The number of fused-ring (bicyclic) bond motifs is 6. The van der Waals surface area contributed by atoms with Gasteiger partial charge in [0.2, 0.25) is 5.88 Å². The van der Waals surface area contributed by atoms with Crippen LogP contribution in [0.3, 0.4) is 0 Å². The van der Waals surface area contributed by atoms with E-state index < -0.39 is 11.9 Å². The monoisotopic (exact) mass is 706 g/mol. The van der Waals surface area contributed by atoms with E-state index in [0.29, 0.717) is 11.4 Å². The second-order valence-electron chi connectivity index (χ2n) is 11.5. The van der Waals surface area contributed by atoms with Crippen molar-refractivity contribution in [3.05, 3.63) is 133 Å². The van der Waals surface area contributed by atoms with E-state index in [1.807, 2.05) is 81.9 Å². The highest BCUT2D eigenvalue weighted by Crippen LogP contribution is 2.35. The zero-order chi connectivity index (χ0) is 34.9. The molecule has 12 heteroatoms. The number of esters is 2. The smallest absolute Gasteiger partial charge is 0.358 e. The number of rotatable bonds is 8. The van der Waals surface area contributed by atoms with Crippen LogP contribution in [0, 0.1) is 24.7 Å². The minimum Gasteiger partial charge on any atom is -0.461 e. The first-order valence-electron chi connectivity index (χ1n) is 15.9. The molecule has 6 aromatic rings. The van der Waals surface area contributed by atoms with E-state index in [0.717, 1.165) is 53.4 Å². The fraction of sp³-hybridized carbons (Fsp3) is 0.128. The molecule has 0 bridgehead atoms. The van der Waals surface area contributed by atoms with Crippen molar-refractivity contribution in [2.24, 2.45) is 9.98 Å². The Bertz CT molecular complexity index is 2470. The standard InChI is InChI=1S/C39H26N6O4S2/c1-3-26-18-28-36(50-26)33(24-12-7-5-8-13-24)40-20-30-35(42-22-44(28)30)39(47)48-17-11-16-32(46)49-38-31-21-41-34(25-14-9-6-10-15-25)37-29(45(31)23-43-38)19-27(4-2)51-37/h1-2,5-10,12-15,18-19,22-23H,11,16-17,20-21H2. The number of benzene rings is 2. The highest BCUT2D eigenvalue weighted by atomic mass is 32.1. The van der Waals surface area contributed by atoms with Gasteiger partial charge in [0.05, 0.1) is 67.7 Å². The molecule has 8 rings (SSSR count). The summed E-state index contributed by atoms with van der Waals surface area (Å²) in [6.07, 6.45) is 14.9. The molecular weight excluding hydrogens is 681 g/mol. The Morgan fingerprint density at radius 2 is 1.31 bits per heavy atom. The first-order valence-corrected chi connectivity index (χ1v) is 17.6. The normalized spacial score (nSPS) is 12.7. The first-order chi connectivity index (χ1) is 25.0. The van der Waals surface area contributed by atoms with Gasteiger partial charge in [0.25, 0.3) is 0 Å². The van der Waals surface area contributed by atoms with E-state index in [9.17, 15) is 9.59 Å². The van der Waals surface area contributed by atoms with E-state index in [1.54, 1.807) is 12.7 Å². The van der Waals surface area contributed by atoms with E-state index >= 15 is 0 Å². The van der Waals surface area contributed by atoms with Crippen molar-refractivity contribution in [1.82, 2.24) is 19.1 Å². The fourth-order valence-corrected chi connectivity index (χ4v) is 7.98. The molecule has 2 aromatic carbocycles. The van der Waals surface area contributed by atoms with Crippen LogP contribution in [-0.4, -0.2) is 49.1 Å². The van der Waals surface area contributed by atoms with Gasteiger partial charge in [-0.15, -0.1) is 35.5 Å². The van der Waals surface area contributed by atoms with Gasteiger partial charge in [-0.1, -0.05) is 72.5 Å². The Hall–Kier alpha value is -6.34. The van der Waals surface area contributed by atoms with Gasteiger partial charge in [0, 0.05) is 17.5 Å². The van der Waals surface area contributed by atoms with Gasteiger partial charge < -0.3 is 9.47 Å². The molecular formula is C39H26N6O4S2. The van der Waals surface area contributed by atoms with E-state index in [2.05, 4.69) is 21.8 Å². The molecule has 6 heterocycles. The maximum atomic E-state index is 13.2. The topological polar surface area (TPSA) is 113 Å². The Kier molecular flexibility index (Phi) is 8.46. The van der Waals surface area contributed by atoms with Gasteiger partial charge in [0.1, 0.15) is 18.3 Å². The lowest BCUT2D eigenvalue weighted by atomic mass is 10.1. The van der Waals surface area contributed by atoms with Crippen LogP contribution in [0.5, 0.6) is 5.88 Å². The quantitative estimate of drug-likeness (QED) is 0.103. The van der Waals surface area contributed by atoms with Gasteiger partial charge in [-0.05, 0) is 18.6 Å². The molecule has 0 saturated carbocycles. The predicted octanol–water partition coefficient (Wildman–Crippen LogP) is 6.39. The summed E-state index contributed by atoms with van der Waals surface area (Å²) >= 11 is 2.94. The third-order valence-corrected chi connectivity index (χ3v) is 10.5. The molecule has 10 nitrogen and oxygen atoms in total. The predicted molar refractivity (Wildman–Crippen MR) is 195 cm³/mol. The lowest BCUT2D eigenvalue weighted by Gasteiger charge is -2.07. The van der Waals surface area contributed by atoms with Crippen molar-refractivity contribution in [3.8, 4) is 41.9 Å². The summed E-state index contributed by atoms with van der Waals surface area (Å²) in [5.74, 6) is 4.49. The molecule has 0 spiro atoms. The minimum absolute atomic E-state index is 0.00219. The maximum absolute atomic E-state index is 13.2. The number of thiophene rings is 2. The molecule has 0 amide bonds. The van der Waals surface area contributed by atoms with Gasteiger partial charge >= 0.3 is 11.9 Å². The largest absolute Gasteiger partial charge is 0.461 e. The molecule has 4 aromatic heterocycles. The van der Waals surface area contributed by atoms with Gasteiger partial charge in [0.15, 0.2) is 5.69 Å².